The molecule has 2 aromatic rings. The van der Waals surface area contributed by atoms with Gasteiger partial charge in [-0.15, -0.1) is 0 Å². The van der Waals surface area contributed by atoms with Crippen molar-refractivity contribution in [2.24, 2.45) is 16.8 Å². The van der Waals surface area contributed by atoms with Crippen LogP contribution in [0.1, 0.15) is 49.7 Å². The average Bonchev–Trinajstić information content (AvgIpc) is 2.88. The molecule has 0 spiro atoms. The maximum atomic E-state index is 12.5. The number of benzene rings is 1. The first-order chi connectivity index (χ1) is 17.7. The molecule has 0 amide bonds. The fourth-order valence-corrected chi connectivity index (χ4v) is 5.19. The Hall–Kier alpha value is -2.42. The summed E-state index contributed by atoms with van der Waals surface area (Å²) in [4.78, 5) is 11.3. The monoisotopic (exact) mass is 573 g/mol. The van der Waals surface area contributed by atoms with E-state index in [1.807, 2.05) is 44.4 Å². The Morgan fingerprint density at radius 3 is 2.41 bits per heavy atom. The summed E-state index contributed by atoms with van der Waals surface area (Å²) in [5.41, 5.74) is 1.24. The van der Waals surface area contributed by atoms with E-state index in [9.17, 15) is 5.11 Å². The zero-order valence-corrected chi connectivity index (χ0v) is 24.3. The molecular weight excluding hydrogens is 534 g/mol. The van der Waals surface area contributed by atoms with Crippen LogP contribution in [0.15, 0.2) is 46.4 Å². The number of hydrogen-bond acceptors (Lipinski definition) is 7. The van der Waals surface area contributed by atoms with Gasteiger partial charge in [0, 0.05) is 41.1 Å². The molecule has 7 nitrogen and oxygen atoms in total. The number of nitrogens with zero attached hydrogens (tertiary/aromatic N) is 3. The molecule has 8 heteroatoms. The molecule has 2 unspecified atom stereocenters. The van der Waals surface area contributed by atoms with Gasteiger partial charge >= 0.3 is 0 Å². The smallest absolute Gasteiger partial charge is 0.216 e. The van der Waals surface area contributed by atoms with Crippen LogP contribution in [-0.2, 0) is 10.3 Å². The topological polar surface area (TPSA) is 76.4 Å². The van der Waals surface area contributed by atoms with Gasteiger partial charge in [0.2, 0.25) is 11.8 Å². The number of aliphatic hydroxyl groups is 1. The van der Waals surface area contributed by atoms with Crippen molar-refractivity contribution in [3.8, 4) is 11.8 Å². The van der Waals surface area contributed by atoms with Gasteiger partial charge in [0.05, 0.1) is 32.6 Å². The minimum absolute atomic E-state index is 0.143. The van der Waals surface area contributed by atoms with E-state index in [1.165, 1.54) is 19.3 Å². The molecule has 0 bridgehead atoms. The molecular formula is C29H40BrN3O4. The molecule has 1 fully saturated rings. The molecule has 3 rings (SSSR count). The standard InChI is InChI=1S/C29H40BrN3O4/c1-7-21-16-24(30)11-12-25(21)31-26(35-4)17-22(15-20-9-8-10-20)29(34,13-14-33(2)3)23-18-27(36-5)32-28(19-23)37-6/h7,11-12,16,18-20,22,34H,1,8-10,13-15,17H2,2-6H3. The summed E-state index contributed by atoms with van der Waals surface area (Å²) in [6, 6.07) is 9.51. The third-order valence-corrected chi connectivity index (χ3v) is 7.76. The van der Waals surface area contributed by atoms with Crippen molar-refractivity contribution in [2.75, 3.05) is 42.0 Å². The van der Waals surface area contributed by atoms with E-state index in [2.05, 4.69) is 32.4 Å². The fraction of sp³-hybridized carbons (Fsp3) is 0.517. The number of hydrogen-bond donors (Lipinski definition) is 1. The van der Waals surface area contributed by atoms with Crippen molar-refractivity contribution in [2.45, 2.75) is 44.1 Å². The van der Waals surface area contributed by atoms with Crippen LogP contribution in [0.25, 0.3) is 6.08 Å². The number of pyridine rings is 1. The first kappa shape index (κ1) is 29.1. The molecule has 1 N–H and O–H groups in total. The van der Waals surface area contributed by atoms with Crippen LogP contribution >= 0.6 is 15.9 Å². The van der Waals surface area contributed by atoms with Crippen molar-refractivity contribution in [3.05, 3.63) is 52.5 Å². The minimum atomic E-state index is -1.18. The highest BCUT2D eigenvalue weighted by Gasteiger charge is 2.42. The summed E-state index contributed by atoms with van der Waals surface area (Å²) in [5, 5.41) is 12.5. The van der Waals surface area contributed by atoms with Gasteiger partial charge in [-0.1, -0.05) is 47.8 Å². The van der Waals surface area contributed by atoms with Gasteiger partial charge in [-0.05, 0) is 56.6 Å². The molecule has 1 aromatic heterocycles. The van der Waals surface area contributed by atoms with Crippen molar-refractivity contribution >= 4 is 33.6 Å². The molecule has 0 saturated heterocycles. The van der Waals surface area contributed by atoms with Gasteiger partial charge < -0.3 is 24.2 Å². The van der Waals surface area contributed by atoms with Gasteiger partial charge in [0.1, 0.15) is 0 Å². The van der Waals surface area contributed by atoms with Crippen molar-refractivity contribution in [3.63, 3.8) is 0 Å². The molecule has 1 heterocycles. The number of ether oxygens (including phenoxy) is 3. The van der Waals surface area contributed by atoms with Crippen molar-refractivity contribution in [1.82, 2.24) is 9.88 Å². The lowest BCUT2D eigenvalue weighted by Gasteiger charge is -2.41. The van der Waals surface area contributed by atoms with Gasteiger partial charge in [-0.25, -0.2) is 4.99 Å². The Kier molecular flexibility index (Phi) is 10.6. The van der Waals surface area contributed by atoms with Crippen LogP contribution in [0.2, 0.25) is 0 Å². The second kappa shape index (κ2) is 13.4. The molecule has 37 heavy (non-hydrogen) atoms. The summed E-state index contributed by atoms with van der Waals surface area (Å²) in [5.74, 6) is 1.82. The summed E-state index contributed by atoms with van der Waals surface area (Å²) >= 11 is 3.52. The zero-order valence-electron chi connectivity index (χ0n) is 22.7. The highest BCUT2D eigenvalue weighted by molar-refractivity contribution is 9.10. The highest BCUT2D eigenvalue weighted by atomic mass is 79.9. The molecule has 1 saturated carbocycles. The van der Waals surface area contributed by atoms with E-state index in [0.29, 0.717) is 43.0 Å². The first-order valence-electron chi connectivity index (χ1n) is 12.7. The zero-order chi connectivity index (χ0) is 27.0. The minimum Gasteiger partial charge on any atom is -0.484 e. The van der Waals surface area contributed by atoms with E-state index >= 15 is 0 Å². The van der Waals surface area contributed by atoms with Gasteiger partial charge in [-0.2, -0.15) is 4.98 Å². The summed E-state index contributed by atoms with van der Waals surface area (Å²) < 4.78 is 17.7. The maximum Gasteiger partial charge on any atom is 0.216 e. The molecule has 1 aliphatic carbocycles. The van der Waals surface area contributed by atoms with E-state index in [1.54, 1.807) is 27.4 Å². The van der Waals surface area contributed by atoms with E-state index < -0.39 is 5.60 Å². The fourth-order valence-electron chi connectivity index (χ4n) is 4.81. The SMILES string of the molecule is C=Cc1cc(Br)ccc1N=C(CC(CC1CCC1)C(O)(CCN(C)C)c1cc(OC)nc(OC)c1)OC. The largest absolute Gasteiger partial charge is 0.484 e. The third kappa shape index (κ3) is 7.55. The molecule has 1 aromatic carbocycles. The quantitative estimate of drug-likeness (QED) is 0.226. The van der Waals surface area contributed by atoms with Crippen LogP contribution in [0.4, 0.5) is 5.69 Å². The highest BCUT2D eigenvalue weighted by Crippen LogP contribution is 2.45. The van der Waals surface area contributed by atoms with Gasteiger partial charge in [-0.3, -0.25) is 0 Å². The maximum absolute atomic E-state index is 12.5. The Bertz CT molecular complexity index is 1060. The predicted octanol–water partition coefficient (Wildman–Crippen LogP) is 6.22. The Morgan fingerprint density at radius 2 is 1.89 bits per heavy atom. The van der Waals surface area contributed by atoms with Crippen molar-refractivity contribution in [1.29, 1.82) is 0 Å². The second-order valence-electron chi connectivity index (χ2n) is 9.97. The number of halogens is 1. The van der Waals surface area contributed by atoms with Crippen LogP contribution in [0.3, 0.4) is 0 Å². The lowest BCUT2D eigenvalue weighted by atomic mass is 9.69. The molecule has 0 aliphatic heterocycles. The Morgan fingerprint density at radius 1 is 1.22 bits per heavy atom. The van der Waals surface area contributed by atoms with Crippen LogP contribution in [0.5, 0.6) is 11.8 Å². The van der Waals surface area contributed by atoms with E-state index in [0.717, 1.165) is 27.7 Å². The van der Waals surface area contributed by atoms with Crippen LogP contribution in [-0.4, -0.2) is 62.9 Å². The van der Waals surface area contributed by atoms with Crippen molar-refractivity contribution < 1.29 is 19.3 Å². The average molecular weight is 575 g/mol. The number of rotatable bonds is 13. The number of aliphatic imine (C=N–C) groups is 1. The summed E-state index contributed by atoms with van der Waals surface area (Å²) in [6.45, 7) is 4.64. The predicted molar refractivity (Wildman–Crippen MR) is 153 cm³/mol. The normalized spacial score (nSPS) is 16.6. The molecule has 0 radical (unpaired) electrons. The van der Waals surface area contributed by atoms with Crippen LogP contribution in [0, 0.1) is 11.8 Å². The second-order valence-corrected chi connectivity index (χ2v) is 10.9. The van der Waals surface area contributed by atoms with Crippen LogP contribution < -0.4 is 9.47 Å². The van der Waals surface area contributed by atoms with Gasteiger partial charge in [0.25, 0.3) is 0 Å². The Labute approximate surface area is 229 Å². The number of methoxy groups -OCH3 is 3. The lowest BCUT2D eigenvalue weighted by Crippen LogP contribution is -2.41. The summed E-state index contributed by atoms with van der Waals surface area (Å²) in [6.07, 6.45) is 7.25. The molecule has 1 aliphatic rings. The molecule has 2 atom stereocenters. The number of aromatic nitrogens is 1. The van der Waals surface area contributed by atoms with Gasteiger partial charge in [0.15, 0.2) is 5.90 Å². The van der Waals surface area contributed by atoms with E-state index in [-0.39, 0.29) is 5.92 Å². The Balaban J connectivity index is 2.08. The lowest BCUT2D eigenvalue weighted by molar-refractivity contribution is -0.0485. The first-order valence-corrected chi connectivity index (χ1v) is 13.5. The summed E-state index contributed by atoms with van der Waals surface area (Å²) in [7, 11) is 8.81. The molecule has 202 valence electrons. The van der Waals surface area contributed by atoms with E-state index in [4.69, 9.17) is 19.2 Å². The third-order valence-electron chi connectivity index (χ3n) is 7.27.